The molecule has 110 valence electrons. The Kier molecular flexibility index (Phi) is 4.07. The molecule has 0 saturated heterocycles. The highest BCUT2D eigenvalue weighted by atomic mass is 19.1. The monoisotopic (exact) mass is 283 g/mol. The Morgan fingerprint density at radius 2 is 1.90 bits per heavy atom. The van der Waals surface area contributed by atoms with Crippen LogP contribution in [0.4, 0.5) is 4.39 Å². The van der Waals surface area contributed by atoms with Gasteiger partial charge >= 0.3 is 0 Å². The molecule has 21 heavy (non-hydrogen) atoms. The summed E-state index contributed by atoms with van der Waals surface area (Å²) in [5.74, 6) is -0.133. The molecule has 0 saturated carbocycles. The summed E-state index contributed by atoms with van der Waals surface area (Å²) in [6, 6.07) is 12.5. The minimum Gasteiger partial charge on any atom is -0.313 e. The van der Waals surface area contributed by atoms with E-state index in [1.807, 2.05) is 26.1 Å². The molecule has 0 aromatic heterocycles. The Morgan fingerprint density at radius 1 is 1.10 bits per heavy atom. The normalized spacial score (nSPS) is 15.0. The molecule has 1 aliphatic carbocycles. The van der Waals surface area contributed by atoms with E-state index >= 15 is 0 Å². The predicted octanol–water partition coefficient (Wildman–Crippen LogP) is 4.13. The van der Waals surface area contributed by atoms with E-state index in [1.54, 1.807) is 6.07 Å². The molecule has 0 spiro atoms. The number of nitrogens with one attached hydrogen (secondary N) is 1. The molecule has 2 aromatic rings. The summed E-state index contributed by atoms with van der Waals surface area (Å²) in [7, 11) is 1.97. The second-order valence-corrected chi connectivity index (χ2v) is 6.01. The summed E-state index contributed by atoms with van der Waals surface area (Å²) in [5.41, 5.74) is 6.24. The van der Waals surface area contributed by atoms with Crippen LogP contribution in [0.3, 0.4) is 0 Å². The molecule has 0 amide bonds. The summed E-state index contributed by atoms with van der Waals surface area (Å²) < 4.78 is 13.4. The van der Waals surface area contributed by atoms with E-state index in [4.69, 9.17) is 0 Å². The molecule has 1 unspecified atom stereocenters. The van der Waals surface area contributed by atoms with Crippen molar-refractivity contribution in [3.05, 3.63) is 70.0 Å². The number of rotatable bonds is 4. The number of aryl methyl sites for hydroxylation is 3. The number of hydrogen-bond acceptors (Lipinski definition) is 1. The third-order valence-corrected chi connectivity index (χ3v) is 4.54. The van der Waals surface area contributed by atoms with Crippen LogP contribution in [0.1, 0.15) is 40.3 Å². The van der Waals surface area contributed by atoms with E-state index in [0.29, 0.717) is 5.56 Å². The Hall–Kier alpha value is -1.67. The van der Waals surface area contributed by atoms with Crippen molar-refractivity contribution < 1.29 is 4.39 Å². The Balaban J connectivity index is 1.82. The molecule has 2 aromatic carbocycles. The van der Waals surface area contributed by atoms with Crippen LogP contribution < -0.4 is 5.32 Å². The van der Waals surface area contributed by atoms with Crippen LogP contribution in [-0.2, 0) is 19.3 Å². The minimum absolute atomic E-state index is 0.133. The summed E-state index contributed by atoms with van der Waals surface area (Å²) in [6.45, 7) is 1.82. The van der Waals surface area contributed by atoms with Crippen LogP contribution in [0, 0.1) is 12.7 Å². The molecule has 0 bridgehead atoms. The maximum atomic E-state index is 13.4. The van der Waals surface area contributed by atoms with Gasteiger partial charge in [-0.15, -0.1) is 0 Å². The lowest BCUT2D eigenvalue weighted by molar-refractivity contribution is 0.583. The highest BCUT2D eigenvalue weighted by molar-refractivity contribution is 5.36. The maximum Gasteiger partial charge on any atom is 0.126 e. The van der Waals surface area contributed by atoms with Gasteiger partial charge in [0.25, 0.3) is 0 Å². The van der Waals surface area contributed by atoms with E-state index < -0.39 is 0 Å². The Morgan fingerprint density at radius 3 is 2.67 bits per heavy atom. The summed E-state index contributed by atoms with van der Waals surface area (Å²) in [6.07, 6.45) is 4.66. The van der Waals surface area contributed by atoms with E-state index in [-0.39, 0.29) is 11.9 Å². The quantitative estimate of drug-likeness (QED) is 0.889. The van der Waals surface area contributed by atoms with Gasteiger partial charge in [0.2, 0.25) is 0 Å². The van der Waals surface area contributed by atoms with Gasteiger partial charge in [-0.25, -0.2) is 4.39 Å². The zero-order chi connectivity index (χ0) is 14.8. The van der Waals surface area contributed by atoms with Crippen molar-refractivity contribution in [3.8, 4) is 0 Å². The topological polar surface area (TPSA) is 12.0 Å². The van der Waals surface area contributed by atoms with Crippen molar-refractivity contribution >= 4 is 0 Å². The SMILES string of the molecule is CNC(Cc1ccc2c(c1)CCC2)c1ccc(F)c(C)c1. The lowest BCUT2D eigenvalue weighted by Crippen LogP contribution is -2.19. The zero-order valence-electron chi connectivity index (χ0n) is 12.7. The van der Waals surface area contributed by atoms with Crippen LogP contribution >= 0.6 is 0 Å². The molecular weight excluding hydrogens is 261 g/mol. The lowest BCUT2D eigenvalue weighted by atomic mass is 9.95. The number of benzene rings is 2. The van der Waals surface area contributed by atoms with Crippen molar-refractivity contribution in [1.29, 1.82) is 0 Å². The summed E-state index contributed by atoms with van der Waals surface area (Å²) >= 11 is 0. The van der Waals surface area contributed by atoms with E-state index in [9.17, 15) is 4.39 Å². The molecule has 0 fully saturated rings. The molecule has 0 aliphatic heterocycles. The number of likely N-dealkylation sites (N-methyl/N-ethyl adjacent to an activating group) is 1. The molecule has 0 radical (unpaired) electrons. The molecular formula is C19H22FN. The number of fused-ring (bicyclic) bond motifs is 1. The highest BCUT2D eigenvalue weighted by Gasteiger charge is 2.15. The number of halogens is 1. The van der Waals surface area contributed by atoms with E-state index in [1.165, 1.54) is 36.0 Å². The first-order chi connectivity index (χ1) is 10.2. The van der Waals surface area contributed by atoms with Gasteiger partial charge in [-0.05, 0) is 73.5 Å². The van der Waals surface area contributed by atoms with Crippen LogP contribution in [0.2, 0.25) is 0 Å². The standard InChI is InChI=1S/C19H22FN/c1-13-10-17(8-9-18(13)20)19(21-2)12-14-6-7-15-4-3-5-16(15)11-14/h6-11,19,21H,3-5,12H2,1-2H3. The van der Waals surface area contributed by atoms with E-state index in [2.05, 4.69) is 23.5 Å². The Labute approximate surface area is 126 Å². The molecule has 1 atom stereocenters. The lowest BCUT2D eigenvalue weighted by Gasteiger charge is -2.18. The fourth-order valence-electron chi connectivity index (χ4n) is 3.26. The molecule has 1 aliphatic rings. The third kappa shape index (κ3) is 3.01. The van der Waals surface area contributed by atoms with Gasteiger partial charge in [-0.3, -0.25) is 0 Å². The van der Waals surface area contributed by atoms with Gasteiger partial charge in [0.05, 0.1) is 0 Å². The third-order valence-electron chi connectivity index (χ3n) is 4.54. The van der Waals surface area contributed by atoms with Gasteiger partial charge < -0.3 is 5.32 Å². The predicted molar refractivity (Wildman–Crippen MR) is 85.1 cm³/mol. The first kappa shape index (κ1) is 14.3. The van der Waals surface area contributed by atoms with E-state index in [0.717, 1.165) is 12.0 Å². The highest BCUT2D eigenvalue weighted by Crippen LogP contribution is 2.26. The van der Waals surface area contributed by atoms with Crippen LogP contribution in [0.15, 0.2) is 36.4 Å². The molecule has 1 nitrogen and oxygen atoms in total. The Bertz CT molecular complexity index is 648. The van der Waals surface area contributed by atoms with Crippen LogP contribution in [0.5, 0.6) is 0 Å². The first-order valence-electron chi connectivity index (χ1n) is 7.71. The van der Waals surface area contributed by atoms with Gasteiger partial charge in [0, 0.05) is 6.04 Å². The molecule has 1 N–H and O–H groups in total. The number of hydrogen-bond donors (Lipinski definition) is 1. The van der Waals surface area contributed by atoms with Crippen LogP contribution in [0.25, 0.3) is 0 Å². The summed E-state index contributed by atoms with van der Waals surface area (Å²) in [4.78, 5) is 0. The largest absolute Gasteiger partial charge is 0.313 e. The fourth-order valence-corrected chi connectivity index (χ4v) is 3.26. The average molecular weight is 283 g/mol. The first-order valence-corrected chi connectivity index (χ1v) is 7.71. The van der Waals surface area contributed by atoms with Crippen LogP contribution in [-0.4, -0.2) is 7.05 Å². The maximum absolute atomic E-state index is 13.4. The van der Waals surface area contributed by atoms with Gasteiger partial charge in [-0.2, -0.15) is 0 Å². The van der Waals surface area contributed by atoms with Crippen molar-refractivity contribution in [2.24, 2.45) is 0 Å². The zero-order valence-corrected chi connectivity index (χ0v) is 12.7. The smallest absolute Gasteiger partial charge is 0.126 e. The minimum atomic E-state index is -0.133. The van der Waals surface area contributed by atoms with Crippen molar-refractivity contribution in [3.63, 3.8) is 0 Å². The van der Waals surface area contributed by atoms with Gasteiger partial charge in [0.15, 0.2) is 0 Å². The van der Waals surface area contributed by atoms with Crippen molar-refractivity contribution in [2.45, 2.75) is 38.6 Å². The molecule has 2 heteroatoms. The average Bonchev–Trinajstić information content (AvgIpc) is 2.95. The van der Waals surface area contributed by atoms with Gasteiger partial charge in [-0.1, -0.05) is 30.3 Å². The summed E-state index contributed by atoms with van der Waals surface area (Å²) in [5, 5.41) is 3.36. The van der Waals surface area contributed by atoms with Gasteiger partial charge in [0.1, 0.15) is 5.82 Å². The second-order valence-electron chi connectivity index (χ2n) is 6.01. The molecule has 0 heterocycles. The molecule has 3 rings (SSSR count). The van der Waals surface area contributed by atoms with Crippen molar-refractivity contribution in [2.75, 3.05) is 7.05 Å². The second kappa shape index (κ2) is 5.98. The fraction of sp³-hybridized carbons (Fsp3) is 0.368. The van der Waals surface area contributed by atoms with Crippen molar-refractivity contribution in [1.82, 2.24) is 5.32 Å².